The third-order valence-corrected chi connectivity index (χ3v) is 6.60. The molecule has 1 aromatic rings. The molecule has 0 fully saturated rings. The molecule has 1 aliphatic rings. The Morgan fingerprint density at radius 2 is 1.91 bits per heavy atom. The number of nitrogens with two attached hydrogens (primary N) is 1. The zero-order valence-electron chi connectivity index (χ0n) is 19.2. The lowest BCUT2D eigenvalue weighted by Crippen LogP contribution is -2.51. The number of unbranched alkanes of at least 4 members (excludes halogenated alkanes) is 2. The third-order valence-electron chi connectivity index (χ3n) is 5.99. The fourth-order valence-electron chi connectivity index (χ4n) is 3.99. The first-order valence-electron chi connectivity index (χ1n) is 10.8. The predicted molar refractivity (Wildman–Crippen MR) is 120 cm³/mol. The Morgan fingerprint density at radius 1 is 1.22 bits per heavy atom. The molecule has 0 spiro atoms. The number of rotatable bonds is 11. The van der Waals surface area contributed by atoms with Crippen molar-refractivity contribution in [3.8, 4) is 5.75 Å². The molecule has 0 aromatic heterocycles. The summed E-state index contributed by atoms with van der Waals surface area (Å²) in [5, 5.41) is 13.8. The standard InChI is InChI=1S/C22H34N2O7S/c1-14-12-15(2)17-13-18(30-20(27)9-8-19(25)26)22(4,31-21(17)16(14)3)10-6-5-7-11-24-32(23,28)29/h12,18,24H,5-11,13H2,1-4H3,(H,25,26)(H2,23,28,29)/t18?,22-/m1/s1. The summed E-state index contributed by atoms with van der Waals surface area (Å²) in [4.78, 5) is 23.1. The molecule has 2 rings (SSSR count). The van der Waals surface area contributed by atoms with Crippen molar-refractivity contribution >= 4 is 22.1 Å². The van der Waals surface area contributed by atoms with Crippen LogP contribution in [-0.2, 0) is 31.0 Å². The molecule has 4 N–H and O–H groups in total. The normalized spacial score (nSPS) is 20.3. The lowest BCUT2D eigenvalue weighted by atomic mass is 9.82. The van der Waals surface area contributed by atoms with E-state index >= 15 is 0 Å². The quantitative estimate of drug-likeness (QED) is 0.333. The number of ether oxygens (including phenoxy) is 2. The average Bonchev–Trinajstić information content (AvgIpc) is 2.67. The molecule has 0 amide bonds. The molecular weight excluding hydrogens is 436 g/mol. The molecule has 180 valence electrons. The molecule has 0 aliphatic carbocycles. The Bertz CT molecular complexity index is 962. The van der Waals surface area contributed by atoms with Gasteiger partial charge in [-0.15, -0.1) is 0 Å². The van der Waals surface area contributed by atoms with Crippen LogP contribution in [0, 0.1) is 20.8 Å². The maximum Gasteiger partial charge on any atom is 0.306 e. The highest BCUT2D eigenvalue weighted by molar-refractivity contribution is 7.87. The van der Waals surface area contributed by atoms with Crippen LogP contribution in [0.25, 0.3) is 0 Å². The number of carbonyl (C=O) groups excluding carboxylic acids is 1. The van der Waals surface area contributed by atoms with Crippen LogP contribution in [0.3, 0.4) is 0 Å². The summed E-state index contributed by atoms with van der Waals surface area (Å²) in [5.41, 5.74) is 3.44. The maximum atomic E-state index is 12.3. The largest absolute Gasteiger partial charge is 0.483 e. The first-order chi connectivity index (χ1) is 14.8. The zero-order valence-corrected chi connectivity index (χ0v) is 20.0. The highest BCUT2D eigenvalue weighted by Gasteiger charge is 2.44. The van der Waals surface area contributed by atoms with Crippen molar-refractivity contribution in [3.05, 3.63) is 28.3 Å². The minimum Gasteiger partial charge on any atom is -0.483 e. The summed E-state index contributed by atoms with van der Waals surface area (Å²) in [7, 11) is -3.70. The van der Waals surface area contributed by atoms with Gasteiger partial charge in [-0.3, -0.25) is 9.59 Å². The lowest BCUT2D eigenvalue weighted by molar-refractivity contribution is -0.165. The molecule has 1 aromatic carbocycles. The molecule has 1 unspecified atom stereocenters. The summed E-state index contributed by atoms with van der Waals surface area (Å²) >= 11 is 0. The first kappa shape index (κ1) is 26.1. The van der Waals surface area contributed by atoms with Crippen LogP contribution in [0.5, 0.6) is 5.75 Å². The minimum atomic E-state index is -3.70. The summed E-state index contributed by atoms with van der Waals surface area (Å²) in [6, 6.07) is 2.09. The van der Waals surface area contributed by atoms with Gasteiger partial charge in [0.1, 0.15) is 17.5 Å². The van der Waals surface area contributed by atoms with Crippen LogP contribution >= 0.6 is 0 Å². The van der Waals surface area contributed by atoms with E-state index in [4.69, 9.17) is 19.7 Å². The number of carboxylic acid groups (broad SMARTS) is 1. The van der Waals surface area contributed by atoms with Gasteiger partial charge in [0.25, 0.3) is 10.2 Å². The SMILES string of the molecule is Cc1cc(C)c2c(c1C)O[C@](C)(CCCCCNS(N)(=O)=O)C(OC(=O)CCC(=O)O)C2. The molecule has 0 bridgehead atoms. The van der Waals surface area contributed by atoms with Gasteiger partial charge in [0.15, 0.2) is 0 Å². The Labute approximate surface area is 189 Å². The highest BCUT2D eigenvalue weighted by Crippen LogP contribution is 2.42. The monoisotopic (exact) mass is 470 g/mol. The molecule has 0 saturated heterocycles. The van der Waals surface area contributed by atoms with E-state index in [2.05, 4.69) is 10.8 Å². The van der Waals surface area contributed by atoms with Crippen LogP contribution < -0.4 is 14.6 Å². The second-order valence-corrected chi connectivity index (χ2v) is 10.1. The fraction of sp³-hybridized carbons (Fsp3) is 0.636. The van der Waals surface area contributed by atoms with Gasteiger partial charge in [-0.25, -0.2) is 9.86 Å². The van der Waals surface area contributed by atoms with Gasteiger partial charge in [0.2, 0.25) is 0 Å². The zero-order chi connectivity index (χ0) is 24.1. The second-order valence-electron chi connectivity index (χ2n) is 8.68. The number of esters is 1. The Balaban J connectivity index is 2.15. The van der Waals surface area contributed by atoms with Crippen molar-refractivity contribution in [1.29, 1.82) is 0 Å². The second kappa shape index (κ2) is 10.6. The third kappa shape index (κ3) is 7.18. The maximum absolute atomic E-state index is 12.3. The van der Waals surface area contributed by atoms with E-state index in [-0.39, 0.29) is 19.4 Å². The minimum absolute atomic E-state index is 0.195. The van der Waals surface area contributed by atoms with Crippen molar-refractivity contribution in [2.45, 2.75) is 84.3 Å². The highest BCUT2D eigenvalue weighted by atomic mass is 32.2. The van der Waals surface area contributed by atoms with Gasteiger partial charge >= 0.3 is 11.9 Å². The molecule has 1 aliphatic heterocycles. The summed E-state index contributed by atoms with van der Waals surface area (Å²) < 4.78 is 36.4. The van der Waals surface area contributed by atoms with Gasteiger partial charge in [-0.2, -0.15) is 8.42 Å². The molecule has 10 heteroatoms. The van der Waals surface area contributed by atoms with Crippen molar-refractivity contribution in [3.63, 3.8) is 0 Å². The summed E-state index contributed by atoms with van der Waals surface area (Å²) in [6.07, 6.45) is 2.12. The molecule has 2 atom stereocenters. The van der Waals surface area contributed by atoms with Crippen molar-refractivity contribution in [2.75, 3.05) is 6.54 Å². The van der Waals surface area contributed by atoms with E-state index in [9.17, 15) is 18.0 Å². The van der Waals surface area contributed by atoms with Crippen molar-refractivity contribution in [1.82, 2.24) is 4.72 Å². The van der Waals surface area contributed by atoms with E-state index in [0.29, 0.717) is 19.3 Å². The molecule has 0 radical (unpaired) electrons. The van der Waals surface area contributed by atoms with E-state index in [1.807, 2.05) is 27.7 Å². The van der Waals surface area contributed by atoms with Crippen molar-refractivity contribution in [2.24, 2.45) is 5.14 Å². The number of hydrogen-bond acceptors (Lipinski definition) is 6. The Morgan fingerprint density at radius 3 is 2.53 bits per heavy atom. The lowest BCUT2D eigenvalue weighted by Gasteiger charge is -2.43. The number of nitrogens with one attached hydrogen (secondary N) is 1. The van der Waals surface area contributed by atoms with Crippen LogP contribution in [0.2, 0.25) is 0 Å². The first-order valence-corrected chi connectivity index (χ1v) is 12.3. The van der Waals surface area contributed by atoms with Crippen molar-refractivity contribution < 1.29 is 32.6 Å². The topological polar surface area (TPSA) is 145 Å². The van der Waals surface area contributed by atoms with E-state index < -0.39 is 33.9 Å². The number of carboxylic acids is 1. The number of aliphatic carboxylic acids is 1. The summed E-state index contributed by atoms with van der Waals surface area (Å²) in [5.74, 6) is -0.793. The number of hydrogen-bond donors (Lipinski definition) is 3. The van der Waals surface area contributed by atoms with Crippen LogP contribution in [0.15, 0.2) is 6.07 Å². The number of benzene rings is 1. The van der Waals surface area contributed by atoms with E-state index in [1.54, 1.807) is 0 Å². The smallest absolute Gasteiger partial charge is 0.306 e. The average molecular weight is 471 g/mol. The van der Waals surface area contributed by atoms with Gasteiger partial charge in [-0.1, -0.05) is 12.5 Å². The van der Waals surface area contributed by atoms with E-state index in [0.717, 1.165) is 40.8 Å². The van der Waals surface area contributed by atoms with Gasteiger partial charge in [0, 0.05) is 18.5 Å². The van der Waals surface area contributed by atoms with Gasteiger partial charge in [0.05, 0.1) is 12.8 Å². The Hall–Kier alpha value is -2.17. The summed E-state index contributed by atoms with van der Waals surface area (Å²) in [6.45, 7) is 8.19. The fourth-order valence-corrected chi connectivity index (χ4v) is 4.42. The number of aryl methyl sites for hydroxylation is 2. The molecule has 9 nitrogen and oxygen atoms in total. The van der Waals surface area contributed by atoms with Gasteiger partial charge in [-0.05, 0) is 63.6 Å². The van der Waals surface area contributed by atoms with Crippen LogP contribution in [0.1, 0.15) is 67.7 Å². The number of fused-ring (bicyclic) bond motifs is 1. The van der Waals surface area contributed by atoms with Crippen LogP contribution in [0.4, 0.5) is 0 Å². The van der Waals surface area contributed by atoms with Gasteiger partial charge < -0.3 is 14.6 Å². The molecule has 0 saturated carbocycles. The molecule has 1 heterocycles. The predicted octanol–water partition coefficient (Wildman–Crippen LogP) is 2.44. The number of carbonyl (C=O) groups is 2. The van der Waals surface area contributed by atoms with Crippen LogP contribution in [-0.4, -0.2) is 43.7 Å². The Kier molecular flexibility index (Phi) is 8.67. The van der Waals surface area contributed by atoms with E-state index in [1.165, 1.54) is 0 Å². The molecular formula is C22H34N2O7S. The molecule has 32 heavy (non-hydrogen) atoms.